The van der Waals surface area contributed by atoms with E-state index in [1.54, 1.807) is 34.0 Å². The third-order valence-corrected chi connectivity index (χ3v) is 6.65. The average molecular weight is 360 g/mol. The quantitative estimate of drug-likeness (QED) is 0.624. The Balaban J connectivity index is 1.68. The number of aliphatic imine (C=N–C) groups is 1. The summed E-state index contributed by atoms with van der Waals surface area (Å²) in [6.07, 6.45) is 4.71. The van der Waals surface area contributed by atoms with E-state index in [0.29, 0.717) is 0 Å². The first-order valence-electron chi connectivity index (χ1n) is 7.79. The molecule has 0 radical (unpaired) electrons. The predicted molar refractivity (Wildman–Crippen MR) is 103 cm³/mol. The molecule has 0 bridgehead atoms. The molecule has 0 aromatic carbocycles. The van der Waals surface area contributed by atoms with Gasteiger partial charge in [-0.1, -0.05) is 29.9 Å². The van der Waals surface area contributed by atoms with Gasteiger partial charge in [0.1, 0.15) is 11.5 Å². The molecule has 1 N–H and O–H groups in total. The topological polar surface area (TPSA) is 37.3 Å². The number of hydrogen-bond donors (Lipinski definition) is 1. The highest BCUT2D eigenvalue weighted by Gasteiger charge is 2.17. The van der Waals surface area contributed by atoms with Crippen LogP contribution in [0.5, 0.6) is 0 Å². The molecule has 3 aromatic rings. The molecular formula is C17H17N3S3. The van der Waals surface area contributed by atoms with Crippen molar-refractivity contribution in [2.24, 2.45) is 4.99 Å². The molecule has 0 spiro atoms. The lowest BCUT2D eigenvalue weighted by molar-refractivity contribution is 0.731. The molecule has 4 heterocycles. The van der Waals surface area contributed by atoms with Crippen LogP contribution in [0.3, 0.4) is 0 Å². The van der Waals surface area contributed by atoms with E-state index in [2.05, 4.69) is 45.3 Å². The summed E-state index contributed by atoms with van der Waals surface area (Å²) in [6.45, 7) is 0.934. The number of amidine groups is 1. The standard InChI is InChI=1S/C17H17N3S3/c1-2-8-14(18-9-3-1)19-17-20-15(12-6-4-10-21-12)16(23-17)13-7-5-11-22-13/h4-7,10-11H,1-3,8-9H2,(H,18,19,20). The van der Waals surface area contributed by atoms with Crippen LogP contribution in [0.25, 0.3) is 20.3 Å². The molecule has 1 aliphatic heterocycles. The summed E-state index contributed by atoms with van der Waals surface area (Å²) >= 11 is 5.24. The highest BCUT2D eigenvalue weighted by atomic mass is 32.1. The third kappa shape index (κ3) is 3.39. The maximum Gasteiger partial charge on any atom is 0.189 e. The molecule has 118 valence electrons. The van der Waals surface area contributed by atoms with E-state index in [-0.39, 0.29) is 0 Å². The van der Waals surface area contributed by atoms with Crippen molar-refractivity contribution in [1.82, 2.24) is 4.98 Å². The number of nitrogens with zero attached hydrogens (tertiary/aromatic N) is 2. The zero-order valence-electron chi connectivity index (χ0n) is 12.6. The van der Waals surface area contributed by atoms with Gasteiger partial charge in [0.05, 0.1) is 9.75 Å². The van der Waals surface area contributed by atoms with Crippen molar-refractivity contribution in [1.29, 1.82) is 0 Å². The third-order valence-electron chi connectivity index (χ3n) is 3.75. The van der Waals surface area contributed by atoms with Crippen LogP contribution >= 0.6 is 34.0 Å². The number of hydrogen-bond acceptors (Lipinski definition) is 6. The van der Waals surface area contributed by atoms with Gasteiger partial charge in [-0.3, -0.25) is 4.99 Å². The van der Waals surface area contributed by atoms with Gasteiger partial charge in [-0.05, 0) is 35.7 Å². The van der Waals surface area contributed by atoms with Crippen LogP contribution in [0.1, 0.15) is 25.7 Å². The van der Waals surface area contributed by atoms with Crippen molar-refractivity contribution in [2.45, 2.75) is 25.7 Å². The summed E-state index contributed by atoms with van der Waals surface area (Å²) in [5.41, 5.74) is 1.09. The van der Waals surface area contributed by atoms with Gasteiger partial charge in [0, 0.05) is 17.8 Å². The minimum Gasteiger partial charge on any atom is -0.320 e. The van der Waals surface area contributed by atoms with Gasteiger partial charge >= 0.3 is 0 Å². The van der Waals surface area contributed by atoms with Crippen LogP contribution in [0.4, 0.5) is 5.13 Å². The fourth-order valence-corrected chi connectivity index (χ4v) is 5.27. The Bertz CT molecular complexity index is 734. The van der Waals surface area contributed by atoms with E-state index in [4.69, 9.17) is 4.98 Å². The van der Waals surface area contributed by atoms with E-state index >= 15 is 0 Å². The highest BCUT2D eigenvalue weighted by molar-refractivity contribution is 7.24. The number of rotatable bonds is 3. The minimum absolute atomic E-state index is 0.934. The lowest BCUT2D eigenvalue weighted by atomic mass is 10.2. The van der Waals surface area contributed by atoms with Gasteiger partial charge in [0.2, 0.25) is 0 Å². The largest absolute Gasteiger partial charge is 0.320 e. The summed E-state index contributed by atoms with van der Waals surface area (Å²) in [5, 5.41) is 8.66. The fourth-order valence-electron chi connectivity index (χ4n) is 2.63. The summed E-state index contributed by atoms with van der Waals surface area (Å²) < 4.78 is 0. The fraction of sp³-hybridized carbons (Fsp3) is 0.294. The molecule has 0 saturated heterocycles. The van der Waals surface area contributed by atoms with E-state index in [1.807, 2.05) is 0 Å². The molecule has 0 unspecified atom stereocenters. The number of nitrogens with one attached hydrogen (secondary N) is 1. The first kappa shape index (κ1) is 15.1. The molecule has 0 amide bonds. The van der Waals surface area contributed by atoms with Gasteiger partial charge in [-0.25, -0.2) is 4.98 Å². The van der Waals surface area contributed by atoms with Crippen molar-refractivity contribution < 1.29 is 0 Å². The molecule has 0 saturated carbocycles. The number of thiophene rings is 2. The summed E-state index contributed by atoms with van der Waals surface area (Å²) in [4.78, 5) is 13.3. The molecular weight excluding hydrogens is 342 g/mol. The monoisotopic (exact) mass is 359 g/mol. The van der Waals surface area contributed by atoms with Crippen molar-refractivity contribution in [3.63, 3.8) is 0 Å². The van der Waals surface area contributed by atoms with Gasteiger partial charge in [0.15, 0.2) is 5.13 Å². The normalized spacial score (nSPS) is 15.2. The molecule has 23 heavy (non-hydrogen) atoms. The Morgan fingerprint density at radius 3 is 2.57 bits per heavy atom. The molecule has 6 heteroatoms. The SMILES string of the molecule is c1csc(-c2nc(NC3=NCCCCC3)sc2-c2cccs2)c1. The van der Waals surface area contributed by atoms with Crippen molar-refractivity contribution in [3.8, 4) is 20.3 Å². The molecule has 0 fully saturated rings. The van der Waals surface area contributed by atoms with Crippen LogP contribution in [0.2, 0.25) is 0 Å². The van der Waals surface area contributed by atoms with E-state index < -0.39 is 0 Å². The zero-order chi connectivity index (χ0) is 15.5. The van der Waals surface area contributed by atoms with Crippen LogP contribution in [0, 0.1) is 0 Å². The van der Waals surface area contributed by atoms with Gasteiger partial charge in [0.25, 0.3) is 0 Å². The highest BCUT2D eigenvalue weighted by Crippen LogP contribution is 2.42. The maximum atomic E-state index is 4.88. The lowest BCUT2D eigenvalue weighted by Crippen LogP contribution is -2.11. The Morgan fingerprint density at radius 2 is 1.78 bits per heavy atom. The van der Waals surface area contributed by atoms with Crippen LogP contribution in [-0.4, -0.2) is 17.4 Å². The van der Waals surface area contributed by atoms with Crippen LogP contribution in [-0.2, 0) is 0 Å². The number of aromatic nitrogens is 1. The summed E-state index contributed by atoms with van der Waals surface area (Å²) in [6, 6.07) is 8.49. The Hall–Kier alpha value is -1.50. The van der Waals surface area contributed by atoms with Gasteiger partial charge in [-0.15, -0.1) is 22.7 Å². The maximum absolute atomic E-state index is 4.88. The van der Waals surface area contributed by atoms with E-state index in [9.17, 15) is 0 Å². The lowest BCUT2D eigenvalue weighted by Gasteiger charge is -2.03. The molecule has 3 nitrogen and oxygen atoms in total. The molecule has 1 aliphatic rings. The van der Waals surface area contributed by atoms with Crippen molar-refractivity contribution in [3.05, 3.63) is 35.0 Å². The Labute approximate surface area is 147 Å². The second-order valence-electron chi connectivity index (χ2n) is 5.42. The predicted octanol–water partition coefficient (Wildman–Crippen LogP) is 5.98. The van der Waals surface area contributed by atoms with Crippen molar-refractivity contribution >= 4 is 45.0 Å². The Kier molecular flexibility index (Phi) is 4.55. The average Bonchev–Trinajstić information content (AvgIpc) is 3.27. The molecule has 3 aromatic heterocycles. The van der Waals surface area contributed by atoms with Gasteiger partial charge < -0.3 is 5.32 Å². The zero-order valence-corrected chi connectivity index (χ0v) is 15.1. The second-order valence-corrected chi connectivity index (χ2v) is 8.31. The van der Waals surface area contributed by atoms with E-state index in [1.165, 1.54) is 33.9 Å². The van der Waals surface area contributed by atoms with Gasteiger partial charge in [-0.2, -0.15) is 0 Å². The minimum atomic E-state index is 0.934. The first-order chi connectivity index (χ1) is 11.4. The molecule has 0 atom stereocenters. The van der Waals surface area contributed by atoms with Crippen LogP contribution in [0.15, 0.2) is 40.0 Å². The summed E-state index contributed by atoms with van der Waals surface area (Å²) in [5.74, 6) is 1.09. The van der Waals surface area contributed by atoms with Crippen molar-refractivity contribution in [2.75, 3.05) is 11.9 Å². The second kappa shape index (κ2) is 6.95. The smallest absolute Gasteiger partial charge is 0.189 e. The molecule has 4 rings (SSSR count). The summed E-state index contributed by atoms with van der Waals surface area (Å²) in [7, 11) is 0. The first-order valence-corrected chi connectivity index (χ1v) is 10.4. The van der Waals surface area contributed by atoms with Crippen LogP contribution < -0.4 is 5.32 Å². The number of thiazole rings is 1. The Morgan fingerprint density at radius 1 is 0.957 bits per heavy atom. The molecule has 0 aliphatic carbocycles. The number of anilines is 1. The van der Waals surface area contributed by atoms with E-state index in [0.717, 1.165) is 29.6 Å².